The van der Waals surface area contributed by atoms with E-state index in [-0.39, 0.29) is 24.5 Å². The molecule has 142 valence electrons. The van der Waals surface area contributed by atoms with E-state index in [9.17, 15) is 14.9 Å². The topological polar surface area (TPSA) is 91.9 Å². The molecule has 0 aromatic heterocycles. The van der Waals surface area contributed by atoms with Crippen LogP contribution in [-0.2, 0) is 9.53 Å². The highest BCUT2D eigenvalue weighted by Gasteiger charge is 2.33. The summed E-state index contributed by atoms with van der Waals surface area (Å²) >= 11 is 0. The van der Waals surface area contributed by atoms with Crippen LogP contribution in [0.15, 0.2) is 51.0 Å². The van der Waals surface area contributed by atoms with Crippen LogP contribution in [0.1, 0.15) is 48.5 Å². The zero-order valence-corrected chi connectivity index (χ0v) is 15.8. The number of allylic oxidation sites excluding steroid dienone is 1. The summed E-state index contributed by atoms with van der Waals surface area (Å²) in [6.45, 7) is 2.54. The van der Waals surface area contributed by atoms with Gasteiger partial charge in [-0.15, -0.1) is 0 Å². The van der Waals surface area contributed by atoms with Crippen LogP contribution in [0.3, 0.4) is 0 Å². The lowest BCUT2D eigenvalue weighted by Crippen LogP contribution is -2.21. The van der Waals surface area contributed by atoms with E-state index in [0.29, 0.717) is 27.8 Å². The Bertz CT molecular complexity index is 961. The van der Waals surface area contributed by atoms with Crippen molar-refractivity contribution in [3.63, 3.8) is 0 Å². The molecule has 0 spiro atoms. The monoisotopic (exact) mass is 375 g/mol. The highest BCUT2D eigenvalue weighted by molar-refractivity contribution is 6.29. The smallest absolute Gasteiger partial charge is 0.349 e. The van der Waals surface area contributed by atoms with E-state index < -0.39 is 5.97 Å². The van der Waals surface area contributed by atoms with Gasteiger partial charge in [-0.25, -0.2) is 9.79 Å². The van der Waals surface area contributed by atoms with E-state index in [1.807, 2.05) is 6.07 Å². The molecule has 28 heavy (non-hydrogen) atoms. The number of nitriles is 1. The van der Waals surface area contributed by atoms with Crippen molar-refractivity contribution in [3.8, 4) is 6.07 Å². The second-order valence-corrected chi connectivity index (χ2v) is 6.56. The van der Waals surface area contributed by atoms with Gasteiger partial charge in [-0.05, 0) is 17.6 Å². The molecule has 0 fully saturated rings. The molecule has 0 radical (unpaired) electrons. The van der Waals surface area contributed by atoms with Crippen molar-refractivity contribution in [3.05, 3.63) is 52.1 Å². The van der Waals surface area contributed by atoms with Crippen molar-refractivity contribution in [1.29, 1.82) is 5.26 Å². The van der Waals surface area contributed by atoms with Gasteiger partial charge in [-0.2, -0.15) is 5.26 Å². The number of benzene rings is 1. The fraction of sp³-hybridized carbons (Fsp3) is 0.318. The van der Waals surface area contributed by atoms with Gasteiger partial charge in [-0.1, -0.05) is 50.5 Å². The predicted molar refractivity (Wildman–Crippen MR) is 107 cm³/mol. The fourth-order valence-electron chi connectivity index (χ4n) is 3.32. The molecule has 1 aromatic rings. The van der Waals surface area contributed by atoms with Crippen molar-refractivity contribution in [2.45, 2.75) is 32.6 Å². The molecule has 1 aromatic carbocycles. The Balaban J connectivity index is 2.04. The van der Waals surface area contributed by atoms with Crippen molar-refractivity contribution in [2.24, 2.45) is 9.98 Å². The van der Waals surface area contributed by atoms with Crippen LogP contribution in [-0.4, -0.2) is 37.5 Å². The SMILES string of the molecule is CCCCCCOC(=O)/C(C#N)=C1\C2=C(C=NC=NC2)C(=O)c2ccccc21. The number of nitrogens with zero attached hydrogens (tertiary/aromatic N) is 3. The number of hydrogen-bond donors (Lipinski definition) is 0. The molecule has 0 bridgehead atoms. The molecule has 0 unspecified atom stereocenters. The van der Waals surface area contributed by atoms with Crippen LogP contribution >= 0.6 is 0 Å². The van der Waals surface area contributed by atoms with E-state index >= 15 is 0 Å². The first-order chi connectivity index (χ1) is 13.7. The third kappa shape index (κ3) is 3.84. The summed E-state index contributed by atoms with van der Waals surface area (Å²) in [6.07, 6.45) is 6.70. The molecule has 1 aliphatic carbocycles. The van der Waals surface area contributed by atoms with Crippen LogP contribution < -0.4 is 0 Å². The standard InChI is InChI=1S/C22H21N3O3/c1-2-3-4-7-10-28-22(27)17(11-23)20-15-8-5-6-9-16(15)21(26)19-13-25-14-24-12-18(19)20/h5-6,8-9,13-14H,2-4,7,10,12H2,1H3/b20-17-. The van der Waals surface area contributed by atoms with E-state index in [1.54, 1.807) is 24.3 Å². The summed E-state index contributed by atoms with van der Waals surface area (Å²) in [5.41, 5.74) is 2.19. The van der Waals surface area contributed by atoms with E-state index in [0.717, 1.165) is 25.7 Å². The number of aliphatic imine (C=N–C) groups is 2. The number of carbonyl (C=O) groups excluding carboxylic acids is 2. The minimum Gasteiger partial charge on any atom is -0.462 e. The van der Waals surface area contributed by atoms with Gasteiger partial charge < -0.3 is 4.74 Å². The first-order valence-electron chi connectivity index (χ1n) is 9.39. The predicted octanol–water partition coefficient (Wildman–Crippen LogP) is 3.69. The van der Waals surface area contributed by atoms with Crippen LogP contribution in [0.25, 0.3) is 5.57 Å². The average Bonchev–Trinajstić information content (AvgIpc) is 2.97. The Morgan fingerprint density at radius 1 is 1.21 bits per heavy atom. The molecule has 2 aliphatic rings. The summed E-state index contributed by atoms with van der Waals surface area (Å²) in [4.78, 5) is 33.7. The fourth-order valence-corrected chi connectivity index (χ4v) is 3.32. The molecule has 1 aliphatic heterocycles. The number of Topliss-reactive ketones (excluding diaryl/α,β-unsaturated/α-hetero) is 1. The van der Waals surface area contributed by atoms with Crippen LogP contribution in [0.2, 0.25) is 0 Å². The Hall–Kier alpha value is -3.33. The van der Waals surface area contributed by atoms with Crippen molar-refractivity contribution in [2.75, 3.05) is 13.2 Å². The third-order valence-corrected chi connectivity index (χ3v) is 4.71. The van der Waals surface area contributed by atoms with Gasteiger partial charge in [0.15, 0.2) is 5.78 Å². The quantitative estimate of drug-likeness (QED) is 0.328. The van der Waals surface area contributed by atoms with E-state index in [1.165, 1.54) is 12.6 Å². The molecular formula is C22H21N3O3. The van der Waals surface area contributed by atoms with Gasteiger partial charge in [0.1, 0.15) is 18.0 Å². The molecule has 1 heterocycles. The lowest BCUT2D eigenvalue weighted by atomic mass is 9.79. The van der Waals surface area contributed by atoms with Crippen molar-refractivity contribution in [1.82, 2.24) is 0 Å². The first-order valence-corrected chi connectivity index (χ1v) is 9.39. The minimum absolute atomic E-state index is 0.103. The maximum absolute atomic E-state index is 12.9. The Morgan fingerprint density at radius 3 is 2.75 bits per heavy atom. The van der Waals surface area contributed by atoms with Gasteiger partial charge in [-0.3, -0.25) is 9.79 Å². The zero-order chi connectivity index (χ0) is 19.9. The molecule has 6 nitrogen and oxygen atoms in total. The van der Waals surface area contributed by atoms with E-state index in [4.69, 9.17) is 4.74 Å². The summed E-state index contributed by atoms with van der Waals surface area (Å²) in [7, 11) is 0. The van der Waals surface area contributed by atoms with Gasteiger partial charge in [0.2, 0.25) is 0 Å². The number of fused-ring (bicyclic) bond motifs is 1. The van der Waals surface area contributed by atoms with Gasteiger partial charge >= 0.3 is 5.97 Å². The Morgan fingerprint density at radius 2 is 2.00 bits per heavy atom. The van der Waals surface area contributed by atoms with Crippen molar-refractivity contribution < 1.29 is 14.3 Å². The number of hydrogen-bond acceptors (Lipinski definition) is 6. The van der Waals surface area contributed by atoms with Gasteiger partial charge in [0, 0.05) is 22.9 Å². The Labute approximate surface area is 163 Å². The number of rotatable bonds is 6. The van der Waals surface area contributed by atoms with Crippen LogP contribution in [0.4, 0.5) is 0 Å². The average molecular weight is 375 g/mol. The summed E-state index contributed by atoms with van der Waals surface area (Å²) in [5.74, 6) is -0.857. The number of unbranched alkanes of at least 4 members (excludes halogenated alkanes) is 3. The second kappa shape index (κ2) is 9.05. The molecule has 3 rings (SSSR count). The molecule has 0 atom stereocenters. The third-order valence-electron chi connectivity index (χ3n) is 4.71. The molecule has 0 saturated heterocycles. The summed E-state index contributed by atoms with van der Waals surface area (Å²) in [5, 5.41) is 9.75. The molecular weight excluding hydrogens is 354 g/mol. The first kappa shape index (κ1) is 19.4. The second-order valence-electron chi connectivity index (χ2n) is 6.56. The lowest BCUT2D eigenvalue weighted by molar-refractivity contribution is -0.138. The van der Waals surface area contributed by atoms with Gasteiger partial charge in [0.05, 0.1) is 13.2 Å². The highest BCUT2D eigenvalue weighted by atomic mass is 16.5. The molecule has 0 N–H and O–H groups in total. The van der Waals surface area contributed by atoms with Crippen LogP contribution in [0, 0.1) is 11.3 Å². The number of ketones is 1. The highest BCUT2D eigenvalue weighted by Crippen LogP contribution is 2.37. The van der Waals surface area contributed by atoms with Crippen molar-refractivity contribution >= 4 is 29.9 Å². The van der Waals surface area contributed by atoms with Gasteiger partial charge in [0.25, 0.3) is 0 Å². The lowest BCUT2D eigenvalue weighted by Gasteiger charge is -2.22. The number of esters is 1. The molecule has 0 amide bonds. The number of carbonyl (C=O) groups is 2. The molecule has 0 saturated carbocycles. The summed E-state index contributed by atoms with van der Waals surface area (Å²) in [6, 6.07) is 8.95. The van der Waals surface area contributed by atoms with Crippen LogP contribution in [0.5, 0.6) is 0 Å². The maximum atomic E-state index is 12.9. The molecule has 6 heteroatoms. The normalized spacial score (nSPS) is 16.8. The largest absolute Gasteiger partial charge is 0.462 e. The minimum atomic E-state index is -0.671. The van der Waals surface area contributed by atoms with E-state index in [2.05, 4.69) is 16.9 Å². The number of ether oxygens (including phenoxy) is 1. The Kier molecular flexibility index (Phi) is 6.28. The maximum Gasteiger partial charge on any atom is 0.349 e. The summed E-state index contributed by atoms with van der Waals surface area (Å²) < 4.78 is 5.35. The zero-order valence-electron chi connectivity index (χ0n) is 15.8.